The van der Waals surface area contributed by atoms with Gasteiger partial charge in [-0.25, -0.2) is 14.2 Å². The number of halogens is 1. The highest BCUT2D eigenvalue weighted by molar-refractivity contribution is 5.95. The van der Waals surface area contributed by atoms with E-state index >= 15 is 0 Å². The van der Waals surface area contributed by atoms with Crippen LogP contribution in [0.2, 0.25) is 0 Å². The van der Waals surface area contributed by atoms with E-state index in [1.807, 2.05) is 6.92 Å². The van der Waals surface area contributed by atoms with Gasteiger partial charge >= 0.3 is 6.03 Å². The average Bonchev–Trinajstić information content (AvgIpc) is 3.08. The van der Waals surface area contributed by atoms with Crippen molar-refractivity contribution in [1.29, 1.82) is 5.26 Å². The monoisotopic (exact) mass is 455 g/mol. The smallest absolute Gasteiger partial charge is 0.322 e. The lowest BCUT2D eigenvalue weighted by Gasteiger charge is -2.33. The van der Waals surface area contributed by atoms with Gasteiger partial charge in [0.25, 0.3) is 11.8 Å². The molecule has 11 nitrogen and oxygen atoms in total. The van der Waals surface area contributed by atoms with Gasteiger partial charge in [-0.1, -0.05) is 0 Å². The normalized spacial score (nSPS) is 19.8. The van der Waals surface area contributed by atoms with Crippen LogP contribution in [-0.4, -0.2) is 63.8 Å². The number of anilines is 1. The van der Waals surface area contributed by atoms with Crippen LogP contribution in [0.15, 0.2) is 18.2 Å². The lowest BCUT2D eigenvalue weighted by atomic mass is 9.99. The average molecular weight is 455 g/mol. The van der Waals surface area contributed by atoms with E-state index in [2.05, 4.69) is 15.7 Å². The minimum absolute atomic E-state index is 0.0468. The molecule has 1 aromatic carbocycles. The molecule has 2 N–H and O–H groups in total. The Hall–Kier alpha value is -3.98. The molecule has 4 rings (SSSR count). The van der Waals surface area contributed by atoms with Crippen molar-refractivity contribution in [2.75, 3.05) is 19.4 Å². The Morgan fingerprint density at radius 3 is 2.82 bits per heavy atom. The Bertz CT molecular complexity index is 1190. The van der Waals surface area contributed by atoms with Crippen LogP contribution < -0.4 is 10.6 Å². The molecule has 0 fully saturated rings. The predicted octanol–water partition coefficient (Wildman–Crippen LogP) is 1.00. The molecule has 1 unspecified atom stereocenters. The maximum Gasteiger partial charge on any atom is 0.322 e. The summed E-state index contributed by atoms with van der Waals surface area (Å²) in [6.45, 7) is 2.00. The van der Waals surface area contributed by atoms with Crippen molar-refractivity contribution >= 4 is 23.5 Å². The van der Waals surface area contributed by atoms with Crippen molar-refractivity contribution < 1.29 is 23.6 Å². The predicted molar refractivity (Wildman–Crippen MR) is 112 cm³/mol. The molecule has 12 heteroatoms. The van der Waals surface area contributed by atoms with E-state index in [9.17, 15) is 18.8 Å². The number of benzene rings is 1. The van der Waals surface area contributed by atoms with Gasteiger partial charge in [0.1, 0.15) is 17.6 Å². The number of fused-ring (bicyclic) bond motifs is 3. The molecule has 0 bridgehead atoms. The van der Waals surface area contributed by atoms with Crippen LogP contribution in [0.3, 0.4) is 0 Å². The minimum Gasteiger partial charge on any atom is -0.357 e. The van der Waals surface area contributed by atoms with E-state index in [1.165, 1.54) is 35.8 Å². The van der Waals surface area contributed by atoms with Gasteiger partial charge < -0.3 is 15.5 Å². The Labute approximate surface area is 188 Å². The molecule has 2 aromatic rings. The molecule has 0 aliphatic carbocycles. The van der Waals surface area contributed by atoms with Crippen LogP contribution in [0.25, 0.3) is 0 Å². The summed E-state index contributed by atoms with van der Waals surface area (Å²) >= 11 is 0. The first-order chi connectivity index (χ1) is 15.7. The van der Waals surface area contributed by atoms with Crippen molar-refractivity contribution in [3.05, 3.63) is 46.5 Å². The van der Waals surface area contributed by atoms with E-state index in [1.54, 1.807) is 6.07 Å². The van der Waals surface area contributed by atoms with Crippen LogP contribution in [0.5, 0.6) is 0 Å². The van der Waals surface area contributed by atoms with Crippen LogP contribution in [-0.2, 0) is 29.1 Å². The molecule has 1 aromatic heterocycles. The van der Waals surface area contributed by atoms with Gasteiger partial charge in [-0.3, -0.25) is 19.1 Å². The van der Waals surface area contributed by atoms with Crippen LogP contribution in [0.1, 0.15) is 34.2 Å². The number of urea groups is 1. The maximum absolute atomic E-state index is 13.6. The van der Waals surface area contributed by atoms with Gasteiger partial charge in [-0.05, 0) is 25.1 Å². The molecule has 33 heavy (non-hydrogen) atoms. The van der Waals surface area contributed by atoms with E-state index in [4.69, 9.17) is 10.1 Å². The number of hydrogen-bond acceptors (Lipinski definition) is 6. The molecule has 2 atom stereocenters. The second kappa shape index (κ2) is 8.51. The molecular weight excluding hydrogens is 433 g/mol. The number of carbonyl (C=O) groups excluding carboxylic acids is 3. The lowest BCUT2D eigenvalue weighted by Crippen LogP contribution is -2.45. The summed E-state index contributed by atoms with van der Waals surface area (Å²) in [6.07, 6.45) is -0.533. The van der Waals surface area contributed by atoms with Crippen molar-refractivity contribution in [3.8, 4) is 6.07 Å². The molecule has 0 saturated heterocycles. The Morgan fingerprint density at radius 2 is 2.12 bits per heavy atom. The van der Waals surface area contributed by atoms with E-state index in [0.29, 0.717) is 17.7 Å². The summed E-state index contributed by atoms with van der Waals surface area (Å²) in [5, 5.41) is 19.7. The second-order valence-electron chi connectivity index (χ2n) is 7.88. The first kappa shape index (κ1) is 22.2. The number of nitrogens with zero attached hydrogens (tertiary/aromatic N) is 5. The Balaban J connectivity index is 1.62. The van der Waals surface area contributed by atoms with Crippen molar-refractivity contribution in [2.24, 2.45) is 0 Å². The standard InChI is InChI=1S/C21H22FN7O4/c1-11-6-16-14(9-28(11)21(32)25-13-4-5-15(22)12(7-13)8-23)18-20(31)27(3)33-17(19(30)24-2)10-29(18)26-16/h4-5,7,11,17H,6,9-10H2,1-3H3,(H,24,30)(H,25,32)/t11-,17?/m1/s1. The third-order valence-corrected chi connectivity index (χ3v) is 5.73. The van der Waals surface area contributed by atoms with Gasteiger partial charge in [-0.2, -0.15) is 10.4 Å². The zero-order valence-corrected chi connectivity index (χ0v) is 18.3. The molecule has 2 aliphatic heterocycles. The zero-order chi connectivity index (χ0) is 23.9. The summed E-state index contributed by atoms with van der Waals surface area (Å²) in [5.74, 6) is -1.53. The van der Waals surface area contributed by atoms with E-state index in [-0.39, 0.29) is 42.0 Å². The highest BCUT2D eigenvalue weighted by Gasteiger charge is 2.38. The molecule has 3 heterocycles. The van der Waals surface area contributed by atoms with Crippen LogP contribution >= 0.6 is 0 Å². The molecular formula is C21H22FN7O4. The number of likely N-dealkylation sites (N-methyl/N-ethyl adjacent to an activating group) is 1. The summed E-state index contributed by atoms with van der Waals surface area (Å²) in [5.41, 5.74) is 1.62. The first-order valence-electron chi connectivity index (χ1n) is 10.3. The number of rotatable bonds is 2. The van der Waals surface area contributed by atoms with E-state index in [0.717, 1.165) is 11.1 Å². The SMILES string of the molecule is CNC(=O)C1Cn2nc3c(c2C(=O)N(C)O1)CN(C(=O)Nc1ccc(F)c(C#N)c1)[C@H](C)C3. The minimum atomic E-state index is -0.934. The fraction of sp³-hybridized carbons (Fsp3) is 0.381. The van der Waals surface area contributed by atoms with Gasteiger partial charge in [-0.15, -0.1) is 0 Å². The van der Waals surface area contributed by atoms with Crippen LogP contribution in [0, 0.1) is 17.1 Å². The number of aromatic nitrogens is 2. The number of hydroxylamine groups is 2. The Kier molecular flexibility index (Phi) is 5.73. The molecule has 4 amide bonds. The quantitative estimate of drug-likeness (QED) is 0.694. The number of hydrogen-bond donors (Lipinski definition) is 2. The first-order valence-corrected chi connectivity index (χ1v) is 10.3. The number of carbonyl (C=O) groups is 3. The zero-order valence-electron chi connectivity index (χ0n) is 18.3. The summed E-state index contributed by atoms with van der Waals surface area (Å²) in [6, 6.07) is 4.77. The highest BCUT2D eigenvalue weighted by atomic mass is 19.1. The summed E-state index contributed by atoms with van der Waals surface area (Å²) < 4.78 is 15.1. The second-order valence-corrected chi connectivity index (χ2v) is 7.88. The Morgan fingerprint density at radius 1 is 1.36 bits per heavy atom. The van der Waals surface area contributed by atoms with Crippen LogP contribution in [0.4, 0.5) is 14.9 Å². The molecule has 172 valence electrons. The summed E-state index contributed by atoms with van der Waals surface area (Å²) in [7, 11) is 2.90. The third kappa shape index (κ3) is 3.98. The third-order valence-electron chi connectivity index (χ3n) is 5.73. The topological polar surface area (TPSA) is 133 Å². The van der Waals surface area contributed by atoms with Gasteiger partial charge in [0.15, 0.2) is 6.10 Å². The number of nitriles is 1. The number of amides is 4. The van der Waals surface area contributed by atoms with Crippen molar-refractivity contribution in [3.63, 3.8) is 0 Å². The van der Waals surface area contributed by atoms with Gasteiger partial charge in [0.2, 0.25) is 0 Å². The molecule has 0 saturated carbocycles. The summed E-state index contributed by atoms with van der Waals surface area (Å²) in [4.78, 5) is 45.1. The number of nitrogens with one attached hydrogen (secondary N) is 2. The van der Waals surface area contributed by atoms with E-state index < -0.39 is 23.9 Å². The maximum atomic E-state index is 13.6. The molecule has 0 spiro atoms. The fourth-order valence-corrected chi connectivity index (χ4v) is 3.99. The van der Waals surface area contributed by atoms with Gasteiger partial charge in [0, 0.05) is 37.8 Å². The largest absolute Gasteiger partial charge is 0.357 e. The molecule has 2 aliphatic rings. The van der Waals surface area contributed by atoms with Crippen molar-refractivity contribution in [1.82, 2.24) is 25.1 Å². The van der Waals surface area contributed by atoms with Gasteiger partial charge in [0.05, 0.1) is 24.3 Å². The molecule has 0 radical (unpaired) electrons. The fourth-order valence-electron chi connectivity index (χ4n) is 3.99. The van der Waals surface area contributed by atoms with Crippen molar-refractivity contribution in [2.45, 2.75) is 38.6 Å². The lowest BCUT2D eigenvalue weighted by molar-refractivity contribution is -0.168. The highest BCUT2D eigenvalue weighted by Crippen LogP contribution is 2.29.